The van der Waals surface area contributed by atoms with Crippen LogP contribution in [0.3, 0.4) is 0 Å². The van der Waals surface area contributed by atoms with Gasteiger partial charge in [-0.3, -0.25) is 0 Å². The van der Waals surface area contributed by atoms with Crippen molar-refractivity contribution in [2.45, 2.75) is 77.3 Å². The summed E-state index contributed by atoms with van der Waals surface area (Å²) in [6.07, 6.45) is 0.854. The molecule has 0 aromatic heterocycles. The highest BCUT2D eigenvalue weighted by Gasteiger charge is 2.51. The molecule has 0 unspecified atom stereocenters. The Morgan fingerprint density at radius 1 is 1.03 bits per heavy atom. The molecule has 1 N–H and O–H groups in total. The van der Waals surface area contributed by atoms with E-state index in [2.05, 4.69) is 11.7 Å². The number of hydrogen-bond acceptors (Lipinski definition) is 4. The SMILES string of the molecule is CCCCCC1(C)COC(O)(C2CCC(C(F)(F)Oc3cc(F)c(F)c(F)c3)CC2)OC1. The van der Waals surface area contributed by atoms with Crippen molar-refractivity contribution in [2.24, 2.45) is 17.3 Å². The summed E-state index contributed by atoms with van der Waals surface area (Å²) >= 11 is 0. The minimum absolute atomic E-state index is 0.00732. The van der Waals surface area contributed by atoms with Gasteiger partial charge in [0.25, 0.3) is 5.97 Å². The largest absolute Gasteiger partial charge is 0.432 e. The predicted octanol–water partition coefficient (Wildman–Crippen LogP) is 6.16. The third-order valence-electron chi connectivity index (χ3n) is 6.57. The van der Waals surface area contributed by atoms with E-state index < -0.39 is 47.1 Å². The standard InChI is InChI=1S/C23H31F5O4/c1-3-4-5-10-21(2)13-30-23(29,31-14-21)16-8-6-15(7-9-16)22(27,28)32-17-11-18(24)20(26)19(25)12-17/h11-12,15-16,29H,3-10,13-14H2,1-2H3. The van der Waals surface area contributed by atoms with Crippen LogP contribution in [-0.4, -0.2) is 30.4 Å². The van der Waals surface area contributed by atoms with Crippen LogP contribution in [0.25, 0.3) is 0 Å². The third-order valence-corrected chi connectivity index (χ3v) is 6.57. The van der Waals surface area contributed by atoms with E-state index in [1.54, 1.807) is 0 Å². The summed E-state index contributed by atoms with van der Waals surface area (Å²) in [4.78, 5) is 0. The van der Waals surface area contributed by atoms with Gasteiger partial charge in [0.15, 0.2) is 17.5 Å². The third kappa shape index (κ3) is 5.72. The Hall–Kier alpha value is -1.45. The number of hydrogen-bond donors (Lipinski definition) is 1. The van der Waals surface area contributed by atoms with Crippen LogP contribution in [0.15, 0.2) is 12.1 Å². The van der Waals surface area contributed by atoms with Gasteiger partial charge in [-0.15, -0.1) is 0 Å². The smallest absolute Gasteiger partial charge is 0.400 e. The molecule has 2 aliphatic rings. The van der Waals surface area contributed by atoms with Crippen LogP contribution < -0.4 is 4.74 Å². The summed E-state index contributed by atoms with van der Waals surface area (Å²) in [6.45, 7) is 4.82. The first-order valence-corrected chi connectivity index (χ1v) is 11.2. The average molecular weight is 466 g/mol. The molecule has 0 radical (unpaired) electrons. The molecular formula is C23H31F5O4. The Kier molecular flexibility index (Phi) is 7.72. The molecule has 32 heavy (non-hydrogen) atoms. The number of ether oxygens (including phenoxy) is 3. The maximum absolute atomic E-state index is 14.6. The van der Waals surface area contributed by atoms with Crippen LogP contribution in [0.1, 0.15) is 65.2 Å². The fraction of sp³-hybridized carbons (Fsp3) is 0.739. The Morgan fingerprint density at radius 2 is 1.59 bits per heavy atom. The van der Waals surface area contributed by atoms with Crippen molar-refractivity contribution >= 4 is 0 Å². The van der Waals surface area contributed by atoms with Crippen molar-refractivity contribution in [3.63, 3.8) is 0 Å². The second kappa shape index (κ2) is 9.81. The lowest BCUT2D eigenvalue weighted by Crippen LogP contribution is -2.54. The normalized spacial score (nSPS) is 31.5. The van der Waals surface area contributed by atoms with E-state index in [1.165, 1.54) is 0 Å². The zero-order valence-corrected chi connectivity index (χ0v) is 18.4. The number of alkyl halides is 2. The molecule has 1 aliphatic carbocycles. The van der Waals surface area contributed by atoms with Gasteiger partial charge < -0.3 is 19.3 Å². The minimum atomic E-state index is -3.71. The molecule has 0 bridgehead atoms. The minimum Gasteiger partial charge on any atom is -0.432 e. The number of benzene rings is 1. The van der Waals surface area contributed by atoms with Gasteiger partial charge in [0, 0.05) is 23.5 Å². The first-order chi connectivity index (χ1) is 15.0. The number of aliphatic hydroxyl groups is 1. The lowest BCUT2D eigenvalue weighted by molar-refractivity contribution is -0.428. The average Bonchev–Trinajstić information content (AvgIpc) is 2.74. The summed E-state index contributed by atoms with van der Waals surface area (Å²) in [5.41, 5.74) is -0.195. The van der Waals surface area contributed by atoms with E-state index in [0.29, 0.717) is 25.3 Å². The van der Waals surface area contributed by atoms with E-state index in [1.807, 2.05) is 6.92 Å². The summed E-state index contributed by atoms with van der Waals surface area (Å²) in [5, 5.41) is 10.8. The lowest BCUT2D eigenvalue weighted by atomic mass is 9.79. The van der Waals surface area contributed by atoms with Gasteiger partial charge in [-0.05, 0) is 32.1 Å². The van der Waals surface area contributed by atoms with Gasteiger partial charge in [0.1, 0.15) is 5.75 Å². The highest BCUT2D eigenvalue weighted by molar-refractivity contribution is 5.25. The van der Waals surface area contributed by atoms with Crippen LogP contribution in [0.5, 0.6) is 5.75 Å². The molecule has 1 heterocycles. The van der Waals surface area contributed by atoms with E-state index in [9.17, 15) is 27.1 Å². The molecule has 182 valence electrons. The number of halogens is 5. The summed E-state index contributed by atoms with van der Waals surface area (Å²) in [6, 6.07) is 0.782. The maximum Gasteiger partial charge on any atom is 0.400 e. The highest BCUT2D eigenvalue weighted by atomic mass is 19.3. The molecule has 3 rings (SSSR count). The summed E-state index contributed by atoms with van der Waals surface area (Å²) in [5.74, 6) is -9.26. The van der Waals surface area contributed by atoms with Gasteiger partial charge in [-0.25, -0.2) is 13.2 Å². The fourth-order valence-electron chi connectivity index (χ4n) is 4.45. The van der Waals surface area contributed by atoms with Gasteiger partial charge in [-0.1, -0.05) is 33.1 Å². The number of unbranched alkanes of at least 4 members (excludes halogenated alkanes) is 2. The van der Waals surface area contributed by atoms with E-state index >= 15 is 0 Å². The molecule has 1 aromatic carbocycles. The van der Waals surface area contributed by atoms with E-state index in [-0.39, 0.29) is 31.1 Å². The van der Waals surface area contributed by atoms with Crippen LogP contribution in [0.2, 0.25) is 0 Å². The van der Waals surface area contributed by atoms with E-state index in [0.717, 1.165) is 25.7 Å². The van der Waals surface area contributed by atoms with E-state index in [4.69, 9.17) is 9.47 Å². The van der Waals surface area contributed by atoms with Crippen LogP contribution >= 0.6 is 0 Å². The van der Waals surface area contributed by atoms with Gasteiger partial charge >= 0.3 is 6.11 Å². The Labute approximate surface area is 185 Å². The monoisotopic (exact) mass is 466 g/mol. The van der Waals surface area contributed by atoms with Crippen molar-refractivity contribution < 1.29 is 41.3 Å². The molecular weight excluding hydrogens is 435 g/mol. The van der Waals surface area contributed by atoms with Crippen molar-refractivity contribution in [1.82, 2.24) is 0 Å². The topological polar surface area (TPSA) is 47.9 Å². The summed E-state index contributed by atoms with van der Waals surface area (Å²) in [7, 11) is 0. The van der Waals surface area contributed by atoms with Crippen LogP contribution in [-0.2, 0) is 9.47 Å². The van der Waals surface area contributed by atoms with Gasteiger partial charge in [-0.2, -0.15) is 8.78 Å². The molecule has 4 nitrogen and oxygen atoms in total. The molecule has 0 amide bonds. The summed E-state index contributed by atoms with van der Waals surface area (Å²) < 4.78 is 84.8. The van der Waals surface area contributed by atoms with Crippen LogP contribution in [0, 0.1) is 34.7 Å². The van der Waals surface area contributed by atoms with Crippen molar-refractivity contribution in [3.05, 3.63) is 29.6 Å². The first-order valence-electron chi connectivity index (χ1n) is 11.2. The molecule has 1 saturated heterocycles. The molecule has 0 spiro atoms. The van der Waals surface area contributed by atoms with Crippen molar-refractivity contribution in [2.75, 3.05) is 13.2 Å². The Balaban J connectivity index is 1.54. The molecule has 0 atom stereocenters. The number of rotatable bonds is 8. The first kappa shape index (κ1) is 25.2. The molecule has 9 heteroatoms. The zero-order chi connectivity index (χ0) is 23.6. The lowest BCUT2D eigenvalue weighted by Gasteiger charge is -2.47. The second-order valence-corrected chi connectivity index (χ2v) is 9.39. The molecule has 2 fully saturated rings. The van der Waals surface area contributed by atoms with Crippen LogP contribution in [0.4, 0.5) is 22.0 Å². The van der Waals surface area contributed by atoms with Gasteiger partial charge in [0.05, 0.1) is 19.1 Å². The molecule has 1 aliphatic heterocycles. The molecule has 1 saturated carbocycles. The predicted molar refractivity (Wildman–Crippen MR) is 106 cm³/mol. The highest BCUT2D eigenvalue weighted by Crippen LogP contribution is 2.46. The quantitative estimate of drug-likeness (QED) is 0.283. The van der Waals surface area contributed by atoms with Crippen molar-refractivity contribution in [3.8, 4) is 5.75 Å². The second-order valence-electron chi connectivity index (χ2n) is 9.39. The van der Waals surface area contributed by atoms with Gasteiger partial charge in [0.2, 0.25) is 0 Å². The molecule has 1 aromatic rings. The fourth-order valence-corrected chi connectivity index (χ4v) is 4.45. The zero-order valence-electron chi connectivity index (χ0n) is 18.4. The maximum atomic E-state index is 14.6. The van der Waals surface area contributed by atoms with Crippen molar-refractivity contribution in [1.29, 1.82) is 0 Å². The Bertz CT molecular complexity index is 749. The Morgan fingerprint density at radius 3 is 2.12 bits per heavy atom.